The molecular formula is C13H14ClO5P. The van der Waals surface area contributed by atoms with Crippen molar-refractivity contribution in [3.8, 4) is 5.75 Å². The number of halogens is 1. The van der Waals surface area contributed by atoms with E-state index in [-0.39, 0.29) is 11.6 Å². The Morgan fingerprint density at radius 2 is 2.10 bits per heavy atom. The lowest BCUT2D eigenvalue weighted by Crippen LogP contribution is -2.02. The van der Waals surface area contributed by atoms with Crippen molar-refractivity contribution in [1.82, 2.24) is 0 Å². The largest absolute Gasteiger partial charge is 0.424 e. The molecule has 0 amide bonds. The minimum absolute atomic E-state index is 0.0571. The lowest BCUT2D eigenvalue weighted by molar-refractivity contribution is 0.284. The van der Waals surface area contributed by atoms with Gasteiger partial charge in [0.05, 0.1) is 6.61 Å². The Balaban J connectivity index is 2.47. The molecule has 0 saturated carbocycles. The standard InChI is InChI=1S/C13H14ClO5P/c1-4-17-20(3,16)19-9-5-6-10-8(2)12(14)13(15)18-11(10)7-9/h5-7H,4H2,1-3H3. The summed E-state index contributed by atoms with van der Waals surface area (Å²) >= 11 is 5.84. The van der Waals surface area contributed by atoms with E-state index in [1.165, 1.54) is 12.7 Å². The van der Waals surface area contributed by atoms with Crippen LogP contribution in [-0.2, 0) is 9.09 Å². The van der Waals surface area contributed by atoms with Crippen molar-refractivity contribution in [2.45, 2.75) is 13.8 Å². The summed E-state index contributed by atoms with van der Waals surface area (Å²) in [5.74, 6) is 0.307. The predicted molar refractivity (Wildman–Crippen MR) is 78.0 cm³/mol. The van der Waals surface area contributed by atoms with Crippen LogP contribution in [0.4, 0.5) is 0 Å². The van der Waals surface area contributed by atoms with Gasteiger partial charge in [0.15, 0.2) is 0 Å². The molecule has 0 spiro atoms. The first-order valence-electron chi connectivity index (χ1n) is 5.98. The normalized spacial score (nSPS) is 14.2. The fourth-order valence-electron chi connectivity index (χ4n) is 1.82. The zero-order valence-electron chi connectivity index (χ0n) is 11.3. The van der Waals surface area contributed by atoms with Crippen molar-refractivity contribution in [3.05, 3.63) is 39.2 Å². The molecule has 0 fully saturated rings. The Morgan fingerprint density at radius 1 is 1.40 bits per heavy atom. The molecule has 1 aromatic heterocycles. The van der Waals surface area contributed by atoms with Gasteiger partial charge in [-0.15, -0.1) is 0 Å². The summed E-state index contributed by atoms with van der Waals surface area (Å²) in [6.45, 7) is 5.12. The highest BCUT2D eigenvalue weighted by Crippen LogP contribution is 2.44. The predicted octanol–water partition coefficient (Wildman–Crippen LogP) is 3.99. The van der Waals surface area contributed by atoms with E-state index in [0.717, 1.165) is 0 Å². The molecule has 1 atom stereocenters. The maximum atomic E-state index is 11.9. The summed E-state index contributed by atoms with van der Waals surface area (Å²) in [5.41, 5.74) is 0.346. The van der Waals surface area contributed by atoms with Gasteiger partial charge < -0.3 is 13.5 Å². The van der Waals surface area contributed by atoms with Gasteiger partial charge in [-0.25, -0.2) is 9.36 Å². The second-order valence-corrected chi connectivity index (χ2v) is 6.63. The van der Waals surface area contributed by atoms with Crippen LogP contribution in [0.2, 0.25) is 5.02 Å². The third-order valence-corrected chi connectivity index (χ3v) is 4.41. The zero-order chi connectivity index (χ0) is 14.9. The van der Waals surface area contributed by atoms with E-state index < -0.39 is 13.2 Å². The van der Waals surface area contributed by atoms with Crippen molar-refractivity contribution >= 4 is 30.2 Å². The summed E-state index contributed by atoms with van der Waals surface area (Å²) in [4.78, 5) is 11.5. The Labute approximate surface area is 121 Å². The van der Waals surface area contributed by atoms with Crippen LogP contribution < -0.4 is 10.1 Å². The van der Waals surface area contributed by atoms with Gasteiger partial charge in [0.2, 0.25) is 0 Å². The Hall–Kier alpha value is -1.29. The molecule has 108 valence electrons. The number of hydrogen-bond acceptors (Lipinski definition) is 5. The molecule has 5 nitrogen and oxygen atoms in total. The van der Waals surface area contributed by atoms with Crippen LogP contribution in [0.15, 0.2) is 27.4 Å². The van der Waals surface area contributed by atoms with E-state index >= 15 is 0 Å². The van der Waals surface area contributed by atoms with Gasteiger partial charge in [-0.05, 0) is 31.5 Å². The Kier molecular flexibility index (Phi) is 4.23. The van der Waals surface area contributed by atoms with Gasteiger partial charge >= 0.3 is 13.2 Å². The summed E-state index contributed by atoms with van der Waals surface area (Å²) in [6.07, 6.45) is 0. The summed E-state index contributed by atoms with van der Waals surface area (Å²) < 4.78 is 27.4. The number of fused-ring (bicyclic) bond motifs is 1. The Morgan fingerprint density at radius 3 is 2.75 bits per heavy atom. The van der Waals surface area contributed by atoms with Crippen LogP contribution in [-0.4, -0.2) is 13.3 Å². The van der Waals surface area contributed by atoms with Crippen LogP contribution in [0, 0.1) is 6.92 Å². The minimum atomic E-state index is -3.17. The highest BCUT2D eigenvalue weighted by Gasteiger charge is 2.18. The highest BCUT2D eigenvalue weighted by molar-refractivity contribution is 7.53. The van der Waals surface area contributed by atoms with E-state index in [0.29, 0.717) is 22.3 Å². The Bertz CT molecular complexity index is 752. The number of aryl methyl sites for hydroxylation is 1. The molecule has 7 heteroatoms. The lowest BCUT2D eigenvalue weighted by atomic mass is 10.1. The van der Waals surface area contributed by atoms with Gasteiger partial charge in [0, 0.05) is 18.1 Å². The SMILES string of the molecule is CCOP(C)(=O)Oc1ccc2c(C)c(Cl)c(=O)oc2c1. The number of hydrogen-bond donors (Lipinski definition) is 0. The summed E-state index contributed by atoms with van der Waals surface area (Å²) in [7, 11) is -3.17. The van der Waals surface area contributed by atoms with Crippen LogP contribution in [0.5, 0.6) is 5.75 Å². The van der Waals surface area contributed by atoms with Gasteiger partial charge in [0.25, 0.3) is 0 Å². The zero-order valence-corrected chi connectivity index (χ0v) is 13.0. The molecule has 0 bridgehead atoms. The molecule has 2 aromatic rings. The topological polar surface area (TPSA) is 65.7 Å². The van der Waals surface area contributed by atoms with E-state index in [4.69, 9.17) is 25.1 Å². The lowest BCUT2D eigenvalue weighted by Gasteiger charge is -2.14. The van der Waals surface area contributed by atoms with E-state index in [1.54, 1.807) is 26.0 Å². The molecule has 0 N–H and O–H groups in total. The molecule has 0 aliphatic heterocycles. The van der Waals surface area contributed by atoms with Gasteiger partial charge in [-0.2, -0.15) is 0 Å². The first-order chi connectivity index (χ1) is 9.34. The molecule has 1 unspecified atom stereocenters. The van der Waals surface area contributed by atoms with Crippen LogP contribution in [0.25, 0.3) is 11.0 Å². The average Bonchev–Trinajstić information content (AvgIpc) is 2.35. The first kappa shape index (κ1) is 15.1. The highest BCUT2D eigenvalue weighted by atomic mass is 35.5. The van der Waals surface area contributed by atoms with E-state index in [9.17, 15) is 9.36 Å². The first-order valence-corrected chi connectivity index (χ1v) is 8.35. The fraction of sp³-hybridized carbons (Fsp3) is 0.308. The van der Waals surface area contributed by atoms with Gasteiger partial charge in [-0.3, -0.25) is 0 Å². The third-order valence-electron chi connectivity index (χ3n) is 2.70. The van der Waals surface area contributed by atoms with Crippen LogP contribution in [0.1, 0.15) is 12.5 Å². The molecule has 1 heterocycles. The average molecular weight is 317 g/mol. The second-order valence-electron chi connectivity index (χ2n) is 4.27. The van der Waals surface area contributed by atoms with Crippen molar-refractivity contribution in [2.24, 2.45) is 0 Å². The summed E-state index contributed by atoms with van der Waals surface area (Å²) in [6, 6.07) is 4.82. The van der Waals surface area contributed by atoms with Crippen molar-refractivity contribution in [2.75, 3.05) is 13.3 Å². The molecule has 20 heavy (non-hydrogen) atoms. The van der Waals surface area contributed by atoms with E-state index in [2.05, 4.69) is 0 Å². The van der Waals surface area contributed by atoms with Crippen LogP contribution in [0.3, 0.4) is 0 Å². The van der Waals surface area contributed by atoms with E-state index in [1.807, 2.05) is 0 Å². The maximum absolute atomic E-state index is 11.9. The quantitative estimate of drug-likeness (QED) is 0.630. The number of benzene rings is 1. The molecule has 0 saturated heterocycles. The second kappa shape index (κ2) is 5.60. The van der Waals surface area contributed by atoms with Crippen molar-refractivity contribution in [1.29, 1.82) is 0 Å². The van der Waals surface area contributed by atoms with Crippen molar-refractivity contribution < 1.29 is 18.0 Å². The molecule has 0 aliphatic carbocycles. The smallest absolute Gasteiger partial charge is 0.376 e. The molecule has 1 aromatic carbocycles. The number of rotatable bonds is 4. The van der Waals surface area contributed by atoms with Gasteiger partial charge in [-0.1, -0.05) is 11.6 Å². The molecule has 0 radical (unpaired) electrons. The minimum Gasteiger partial charge on any atom is -0.424 e. The van der Waals surface area contributed by atoms with Crippen LogP contribution >= 0.6 is 19.2 Å². The third kappa shape index (κ3) is 3.06. The fourth-order valence-corrected chi connectivity index (χ4v) is 2.98. The molecular weight excluding hydrogens is 303 g/mol. The molecule has 0 aliphatic rings. The monoisotopic (exact) mass is 316 g/mol. The maximum Gasteiger partial charge on any atom is 0.376 e. The summed E-state index contributed by atoms with van der Waals surface area (Å²) in [5, 5.41) is 0.756. The van der Waals surface area contributed by atoms with Crippen molar-refractivity contribution in [3.63, 3.8) is 0 Å². The molecule has 2 rings (SSSR count). The van der Waals surface area contributed by atoms with Gasteiger partial charge in [0.1, 0.15) is 16.4 Å².